The van der Waals surface area contributed by atoms with Gasteiger partial charge in [0.1, 0.15) is 11.6 Å². The first-order valence-corrected chi connectivity index (χ1v) is 9.67. The van der Waals surface area contributed by atoms with Gasteiger partial charge in [0.25, 0.3) is 0 Å². The lowest BCUT2D eigenvalue weighted by Crippen LogP contribution is -2.10. The molecule has 0 saturated heterocycles. The van der Waals surface area contributed by atoms with Gasteiger partial charge in [-0.25, -0.2) is 0 Å². The summed E-state index contributed by atoms with van der Waals surface area (Å²) in [5.41, 5.74) is 0.995. The lowest BCUT2D eigenvalue weighted by Gasteiger charge is -2.11. The summed E-state index contributed by atoms with van der Waals surface area (Å²) in [6.07, 6.45) is 4.52. The van der Waals surface area contributed by atoms with Crippen LogP contribution in [0.2, 0.25) is 0 Å². The molecule has 0 N–H and O–H groups in total. The van der Waals surface area contributed by atoms with E-state index in [-0.39, 0.29) is 22.8 Å². The van der Waals surface area contributed by atoms with Crippen molar-refractivity contribution in [3.8, 4) is 5.75 Å². The van der Waals surface area contributed by atoms with Crippen LogP contribution in [0.25, 0.3) is 0 Å². The van der Waals surface area contributed by atoms with Crippen LogP contribution in [0.5, 0.6) is 5.75 Å². The number of carbonyl (C=O) groups excluding carboxylic acids is 1. The smallest absolute Gasteiger partial charge is 0.387 e. The molecule has 1 heterocycles. The zero-order valence-corrected chi connectivity index (χ0v) is 15.1. The van der Waals surface area contributed by atoms with Crippen molar-refractivity contribution in [3.63, 3.8) is 0 Å². The number of aryl methyl sites for hydroxylation is 1. The molecule has 0 radical (unpaired) electrons. The highest BCUT2D eigenvalue weighted by Crippen LogP contribution is 2.46. The zero-order valence-electron chi connectivity index (χ0n) is 14.3. The number of ether oxygens (including phenoxy) is 1. The minimum Gasteiger partial charge on any atom is -0.434 e. The SMILES string of the molecule is Cc1ccc(OC(F)F)c(C(=O)CSc2nnc(C3CC3)n2C2CC2)c1. The van der Waals surface area contributed by atoms with Gasteiger partial charge in [-0.15, -0.1) is 10.2 Å². The van der Waals surface area contributed by atoms with Crippen LogP contribution >= 0.6 is 11.8 Å². The first kappa shape index (κ1) is 17.5. The Morgan fingerprint density at radius 2 is 2.08 bits per heavy atom. The second-order valence-corrected chi connectivity index (χ2v) is 7.75. The molecule has 0 bridgehead atoms. The largest absolute Gasteiger partial charge is 0.434 e. The molecule has 2 saturated carbocycles. The van der Waals surface area contributed by atoms with Crippen LogP contribution in [0.1, 0.15) is 59.4 Å². The highest BCUT2D eigenvalue weighted by atomic mass is 32.2. The fourth-order valence-electron chi connectivity index (χ4n) is 2.95. The maximum absolute atomic E-state index is 12.6. The van der Waals surface area contributed by atoms with Gasteiger partial charge in [0, 0.05) is 12.0 Å². The molecule has 4 rings (SSSR count). The minimum atomic E-state index is -2.96. The Kier molecular flexibility index (Phi) is 4.69. The van der Waals surface area contributed by atoms with Crippen LogP contribution in [0.15, 0.2) is 23.4 Å². The molecule has 8 heteroatoms. The molecule has 1 aromatic carbocycles. The van der Waals surface area contributed by atoms with E-state index in [9.17, 15) is 13.6 Å². The number of benzene rings is 1. The van der Waals surface area contributed by atoms with E-state index < -0.39 is 6.61 Å². The van der Waals surface area contributed by atoms with Gasteiger partial charge >= 0.3 is 6.61 Å². The highest BCUT2D eigenvalue weighted by molar-refractivity contribution is 7.99. The number of aromatic nitrogens is 3. The van der Waals surface area contributed by atoms with E-state index in [2.05, 4.69) is 19.5 Å². The monoisotopic (exact) mass is 379 g/mol. The topological polar surface area (TPSA) is 57.0 Å². The normalized spacial score (nSPS) is 16.9. The summed E-state index contributed by atoms with van der Waals surface area (Å²) < 4.78 is 31.8. The van der Waals surface area contributed by atoms with Crippen LogP contribution in [0.4, 0.5) is 8.78 Å². The number of alkyl halides is 2. The molecule has 26 heavy (non-hydrogen) atoms. The van der Waals surface area contributed by atoms with Crippen molar-refractivity contribution >= 4 is 17.5 Å². The number of thioether (sulfide) groups is 1. The van der Waals surface area contributed by atoms with Gasteiger partial charge in [-0.1, -0.05) is 23.4 Å². The summed E-state index contributed by atoms with van der Waals surface area (Å²) in [5, 5.41) is 9.33. The Morgan fingerprint density at radius 1 is 1.31 bits per heavy atom. The molecule has 0 spiro atoms. The van der Waals surface area contributed by atoms with Crippen LogP contribution < -0.4 is 4.74 Å². The fourth-order valence-corrected chi connectivity index (χ4v) is 3.85. The Hall–Kier alpha value is -1.96. The van der Waals surface area contributed by atoms with Crippen LogP contribution in [0, 0.1) is 6.92 Å². The molecule has 0 atom stereocenters. The number of carbonyl (C=O) groups is 1. The number of ketones is 1. The van der Waals surface area contributed by atoms with Crippen molar-refractivity contribution in [2.24, 2.45) is 0 Å². The summed E-state index contributed by atoms with van der Waals surface area (Å²) in [4.78, 5) is 12.6. The number of Topliss-reactive ketones (excluding diaryl/α,β-unsaturated/α-hetero) is 1. The number of nitrogens with zero attached hydrogens (tertiary/aromatic N) is 3. The summed E-state index contributed by atoms with van der Waals surface area (Å²) in [7, 11) is 0. The van der Waals surface area contributed by atoms with Crippen molar-refractivity contribution < 1.29 is 18.3 Å². The predicted molar refractivity (Wildman–Crippen MR) is 93.1 cm³/mol. The third kappa shape index (κ3) is 3.75. The third-order valence-electron chi connectivity index (χ3n) is 4.53. The molecule has 138 valence electrons. The summed E-state index contributed by atoms with van der Waals surface area (Å²) in [5.74, 6) is 1.29. The standard InChI is InChI=1S/C18H19F2N3O2S/c1-10-2-7-15(25-17(19)20)13(8-10)14(24)9-26-18-22-21-16(11-3-4-11)23(18)12-5-6-12/h2,7-8,11-12,17H,3-6,9H2,1H3. The number of halogens is 2. The van der Waals surface area contributed by atoms with E-state index in [4.69, 9.17) is 0 Å². The first-order valence-electron chi connectivity index (χ1n) is 8.69. The quantitative estimate of drug-likeness (QED) is 0.503. The predicted octanol–water partition coefficient (Wildman–Crippen LogP) is 4.38. The average molecular weight is 379 g/mol. The van der Waals surface area contributed by atoms with Crippen LogP contribution in [-0.4, -0.2) is 32.9 Å². The Labute approximate surface area is 154 Å². The maximum Gasteiger partial charge on any atom is 0.387 e. The minimum absolute atomic E-state index is 0.0847. The van der Waals surface area contributed by atoms with Gasteiger partial charge in [-0.3, -0.25) is 4.79 Å². The molecular formula is C18H19F2N3O2S. The number of hydrogen-bond acceptors (Lipinski definition) is 5. The molecule has 0 aliphatic heterocycles. The Morgan fingerprint density at radius 3 is 2.73 bits per heavy atom. The second-order valence-electron chi connectivity index (χ2n) is 6.81. The maximum atomic E-state index is 12.6. The summed E-state index contributed by atoms with van der Waals surface area (Å²) in [6, 6.07) is 5.08. The van der Waals surface area contributed by atoms with E-state index in [1.807, 2.05) is 6.92 Å². The molecule has 1 aromatic heterocycles. The van der Waals surface area contributed by atoms with Crippen molar-refractivity contribution in [2.75, 3.05) is 5.75 Å². The Balaban J connectivity index is 1.50. The van der Waals surface area contributed by atoms with Gasteiger partial charge in [-0.05, 0) is 44.7 Å². The van der Waals surface area contributed by atoms with E-state index in [1.54, 1.807) is 12.1 Å². The molecule has 2 aliphatic rings. The summed E-state index contributed by atoms with van der Waals surface area (Å²) in [6.45, 7) is -1.15. The lowest BCUT2D eigenvalue weighted by atomic mass is 10.1. The number of hydrogen-bond donors (Lipinski definition) is 0. The van der Waals surface area contributed by atoms with Crippen molar-refractivity contribution in [2.45, 2.75) is 56.3 Å². The van der Waals surface area contributed by atoms with E-state index in [0.29, 0.717) is 12.0 Å². The fraction of sp³-hybridized carbons (Fsp3) is 0.500. The van der Waals surface area contributed by atoms with Gasteiger partial charge in [0.15, 0.2) is 10.9 Å². The van der Waals surface area contributed by atoms with E-state index in [1.165, 1.54) is 17.8 Å². The molecule has 2 fully saturated rings. The first-order chi connectivity index (χ1) is 12.5. The highest BCUT2D eigenvalue weighted by Gasteiger charge is 2.36. The molecule has 2 aliphatic carbocycles. The molecule has 2 aromatic rings. The zero-order chi connectivity index (χ0) is 18.3. The average Bonchev–Trinajstić information content (AvgIpc) is 3.52. The number of rotatable bonds is 8. The third-order valence-corrected chi connectivity index (χ3v) is 5.47. The van der Waals surface area contributed by atoms with Crippen molar-refractivity contribution in [1.82, 2.24) is 14.8 Å². The van der Waals surface area contributed by atoms with Gasteiger partial charge in [-0.2, -0.15) is 8.78 Å². The lowest BCUT2D eigenvalue weighted by molar-refractivity contribution is -0.0501. The van der Waals surface area contributed by atoms with Crippen LogP contribution in [0.3, 0.4) is 0 Å². The van der Waals surface area contributed by atoms with E-state index in [0.717, 1.165) is 42.2 Å². The van der Waals surface area contributed by atoms with Crippen molar-refractivity contribution in [3.05, 3.63) is 35.2 Å². The van der Waals surface area contributed by atoms with Crippen molar-refractivity contribution in [1.29, 1.82) is 0 Å². The summed E-state index contributed by atoms with van der Waals surface area (Å²) >= 11 is 1.31. The van der Waals surface area contributed by atoms with E-state index >= 15 is 0 Å². The molecule has 0 unspecified atom stereocenters. The second kappa shape index (κ2) is 6.98. The molecular weight excluding hydrogens is 360 g/mol. The molecule has 0 amide bonds. The van der Waals surface area contributed by atoms with Gasteiger partial charge in [0.05, 0.1) is 11.3 Å². The van der Waals surface area contributed by atoms with Crippen LogP contribution in [-0.2, 0) is 0 Å². The molecule has 5 nitrogen and oxygen atoms in total. The van der Waals surface area contributed by atoms with Gasteiger partial charge in [0.2, 0.25) is 0 Å². The van der Waals surface area contributed by atoms with Gasteiger partial charge < -0.3 is 9.30 Å². The Bertz CT molecular complexity index is 832.